The molecule has 0 spiro atoms. The fourth-order valence-electron chi connectivity index (χ4n) is 2.39. The van der Waals surface area contributed by atoms with E-state index in [1.807, 2.05) is 12.1 Å². The van der Waals surface area contributed by atoms with Crippen molar-refractivity contribution < 1.29 is 14.5 Å². The summed E-state index contributed by atoms with van der Waals surface area (Å²) in [6.45, 7) is 2.07. The minimum atomic E-state index is -0.402. The molecule has 1 aromatic carbocycles. The highest BCUT2D eigenvalue weighted by Crippen LogP contribution is 2.28. The number of allylic oxidation sites excluding steroid dienone is 4. The van der Waals surface area contributed by atoms with Crippen molar-refractivity contribution in [3.05, 3.63) is 76.1 Å². The van der Waals surface area contributed by atoms with E-state index in [0.717, 1.165) is 17.8 Å². The maximum Gasteiger partial charge on any atom is 0.373 e. The van der Waals surface area contributed by atoms with Gasteiger partial charge in [-0.1, -0.05) is 23.8 Å². The van der Waals surface area contributed by atoms with E-state index < -0.39 is 4.92 Å². The molecule has 1 aliphatic carbocycles. The first kappa shape index (κ1) is 17.8. The average Bonchev–Trinajstić information content (AvgIpc) is 3.03. The van der Waals surface area contributed by atoms with E-state index in [2.05, 4.69) is 29.4 Å². The van der Waals surface area contributed by atoms with Crippen LogP contribution in [0.3, 0.4) is 0 Å². The van der Waals surface area contributed by atoms with E-state index in [1.165, 1.54) is 23.3 Å². The van der Waals surface area contributed by atoms with Crippen LogP contribution in [0.25, 0.3) is 5.57 Å². The van der Waals surface area contributed by atoms with Gasteiger partial charge < -0.3 is 5.32 Å². The largest absolute Gasteiger partial charge is 0.373 e. The zero-order valence-electron chi connectivity index (χ0n) is 13.4. The van der Waals surface area contributed by atoms with Gasteiger partial charge in [0.25, 0.3) is 5.69 Å². The van der Waals surface area contributed by atoms with Crippen LogP contribution in [0.15, 0.2) is 60.3 Å². The number of rotatable bonds is 4. The number of carbonyl (C=O) groups excluding carboxylic acids is 2. The Morgan fingerprint density at radius 2 is 1.92 bits per heavy atom. The molecule has 25 heavy (non-hydrogen) atoms. The van der Waals surface area contributed by atoms with Crippen molar-refractivity contribution in [3.8, 4) is 0 Å². The van der Waals surface area contributed by atoms with Crippen molar-refractivity contribution in [1.29, 1.82) is 0 Å². The van der Waals surface area contributed by atoms with Crippen molar-refractivity contribution in [2.24, 2.45) is 0 Å². The Kier molecular flexibility index (Phi) is 5.92. The monoisotopic (exact) mass is 337 g/mol. The normalized spacial score (nSPS) is 12.2. The fourth-order valence-corrected chi connectivity index (χ4v) is 2.39. The number of benzene rings is 1. The van der Waals surface area contributed by atoms with E-state index in [9.17, 15) is 10.1 Å². The Labute approximate surface area is 143 Å². The molecule has 7 heteroatoms. The highest BCUT2D eigenvalue weighted by atomic mass is 16.6. The minimum absolute atomic E-state index is 0.0672. The topological polar surface area (TPSA) is 102 Å². The summed E-state index contributed by atoms with van der Waals surface area (Å²) in [7, 11) is 0. The standard InChI is InChI=1S/C17H15N3O2.CO2/c1-12-5-6-13(9-12)17-11-15(7-8-18-17)19-14-3-2-4-16(10-14)20(21)22;2-1-3/h2-5,7-11H,6H2,1H3,(H,18,19);. The summed E-state index contributed by atoms with van der Waals surface area (Å²) >= 11 is 0. The van der Waals surface area contributed by atoms with Crippen LogP contribution in [0.4, 0.5) is 17.1 Å². The van der Waals surface area contributed by atoms with E-state index in [0.29, 0.717) is 5.69 Å². The summed E-state index contributed by atoms with van der Waals surface area (Å²) in [5.74, 6) is 0. The van der Waals surface area contributed by atoms with Gasteiger partial charge in [-0.15, -0.1) is 0 Å². The summed E-state index contributed by atoms with van der Waals surface area (Å²) in [6.07, 6.45) is 7.17. The van der Waals surface area contributed by atoms with Crippen molar-refractivity contribution in [1.82, 2.24) is 4.98 Å². The van der Waals surface area contributed by atoms with Crippen molar-refractivity contribution in [2.45, 2.75) is 13.3 Å². The van der Waals surface area contributed by atoms with Crippen LogP contribution in [0, 0.1) is 10.1 Å². The van der Waals surface area contributed by atoms with Gasteiger partial charge in [-0.3, -0.25) is 15.1 Å². The molecule has 0 unspecified atom stereocenters. The number of nitro groups is 1. The lowest BCUT2D eigenvalue weighted by Crippen LogP contribution is -1.95. The Bertz CT molecular complexity index is 881. The molecule has 1 N–H and O–H groups in total. The zero-order valence-corrected chi connectivity index (χ0v) is 13.4. The van der Waals surface area contributed by atoms with Crippen LogP contribution in [0.5, 0.6) is 0 Å². The van der Waals surface area contributed by atoms with Crippen LogP contribution in [-0.4, -0.2) is 16.1 Å². The maximum absolute atomic E-state index is 10.8. The van der Waals surface area contributed by atoms with Gasteiger partial charge in [0.15, 0.2) is 0 Å². The predicted molar refractivity (Wildman–Crippen MR) is 92.0 cm³/mol. The molecule has 0 aliphatic heterocycles. The molecular weight excluding hydrogens is 322 g/mol. The second-order valence-electron chi connectivity index (χ2n) is 5.27. The first-order chi connectivity index (χ1) is 12.0. The molecule has 0 saturated carbocycles. The van der Waals surface area contributed by atoms with Crippen molar-refractivity contribution in [2.75, 3.05) is 5.32 Å². The Morgan fingerprint density at radius 1 is 1.20 bits per heavy atom. The summed E-state index contributed by atoms with van der Waals surface area (Å²) < 4.78 is 0. The lowest BCUT2D eigenvalue weighted by atomic mass is 10.1. The third-order valence-corrected chi connectivity index (χ3v) is 3.48. The number of anilines is 2. The molecule has 2 aromatic rings. The molecule has 0 atom stereocenters. The number of nitrogens with one attached hydrogen (secondary N) is 1. The van der Waals surface area contributed by atoms with Crippen LogP contribution >= 0.6 is 0 Å². The second kappa shape index (κ2) is 8.33. The lowest BCUT2D eigenvalue weighted by molar-refractivity contribution is -0.384. The smallest absolute Gasteiger partial charge is 0.355 e. The zero-order chi connectivity index (χ0) is 18.2. The molecule has 1 aliphatic rings. The van der Waals surface area contributed by atoms with Crippen LogP contribution in [-0.2, 0) is 9.59 Å². The Hall–Kier alpha value is -3.57. The molecule has 0 saturated heterocycles. The summed E-state index contributed by atoms with van der Waals surface area (Å²) in [5, 5.41) is 14.0. The number of hydrogen-bond donors (Lipinski definition) is 1. The quantitative estimate of drug-likeness (QED) is 0.671. The molecule has 1 heterocycles. The molecule has 7 nitrogen and oxygen atoms in total. The second-order valence-corrected chi connectivity index (χ2v) is 5.27. The highest BCUT2D eigenvalue weighted by molar-refractivity contribution is 5.73. The molecule has 1 aromatic heterocycles. The molecule has 0 amide bonds. The Morgan fingerprint density at radius 3 is 2.56 bits per heavy atom. The number of hydrogen-bond acceptors (Lipinski definition) is 6. The average molecular weight is 337 g/mol. The molecule has 0 radical (unpaired) electrons. The third-order valence-electron chi connectivity index (χ3n) is 3.48. The molecular formula is C18H15N3O4. The van der Waals surface area contributed by atoms with Gasteiger partial charge in [-0.25, -0.2) is 0 Å². The van der Waals surface area contributed by atoms with E-state index >= 15 is 0 Å². The van der Waals surface area contributed by atoms with E-state index in [1.54, 1.807) is 18.3 Å². The summed E-state index contributed by atoms with van der Waals surface area (Å²) in [5.41, 5.74) is 4.95. The molecule has 0 bridgehead atoms. The molecule has 126 valence electrons. The molecule has 0 fully saturated rings. The van der Waals surface area contributed by atoms with Gasteiger partial charge in [0.05, 0.1) is 10.6 Å². The highest BCUT2D eigenvalue weighted by Gasteiger charge is 2.09. The number of nitrogens with zero attached hydrogens (tertiary/aromatic N) is 2. The SMILES string of the molecule is CC1=CCC(c2cc(Nc3cccc([N+](=O)[O-])c3)ccn2)=C1.O=C=O. The summed E-state index contributed by atoms with van der Waals surface area (Å²) in [6, 6.07) is 10.2. The van der Waals surface area contributed by atoms with E-state index in [4.69, 9.17) is 9.59 Å². The van der Waals surface area contributed by atoms with Gasteiger partial charge in [0.2, 0.25) is 0 Å². The van der Waals surface area contributed by atoms with Gasteiger partial charge in [-0.05, 0) is 37.1 Å². The van der Waals surface area contributed by atoms with E-state index in [-0.39, 0.29) is 11.8 Å². The predicted octanol–water partition coefficient (Wildman–Crippen LogP) is 3.88. The van der Waals surface area contributed by atoms with Gasteiger partial charge in [-0.2, -0.15) is 9.59 Å². The van der Waals surface area contributed by atoms with Crippen molar-refractivity contribution in [3.63, 3.8) is 0 Å². The van der Waals surface area contributed by atoms with Gasteiger partial charge in [0, 0.05) is 29.7 Å². The first-order valence-electron chi connectivity index (χ1n) is 7.38. The lowest BCUT2D eigenvalue weighted by Gasteiger charge is -2.08. The number of pyridine rings is 1. The maximum atomic E-state index is 10.8. The summed E-state index contributed by atoms with van der Waals surface area (Å²) in [4.78, 5) is 31.1. The van der Waals surface area contributed by atoms with Gasteiger partial charge in [0.1, 0.15) is 0 Å². The Balaban J connectivity index is 0.000000701. The van der Waals surface area contributed by atoms with Crippen molar-refractivity contribution >= 4 is 28.8 Å². The fraction of sp³-hybridized carbons (Fsp3) is 0.111. The van der Waals surface area contributed by atoms with Crippen LogP contribution < -0.4 is 5.32 Å². The number of nitro benzene ring substituents is 1. The van der Waals surface area contributed by atoms with Crippen LogP contribution in [0.1, 0.15) is 19.0 Å². The number of aromatic nitrogens is 1. The first-order valence-corrected chi connectivity index (χ1v) is 7.38. The van der Waals surface area contributed by atoms with Crippen LogP contribution in [0.2, 0.25) is 0 Å². The third kappa shape index (κ3) is 4.95. The molecule has 3 rings (SSSR count). The number of non-ortho nitro benzene ring substituents is 1. The minimum Gasteiger partial charge on any atom is -0.355 e. The van der Waals surface area contributed by atoms with Gasteiger partial charge >= 0.3 is 6.15 Å².